The van der Waals surface area contributed by atoms with Crippen molar-refractivity contribution in [2.75, 3.05) is 0 Å². The van der Waals surface area contributed by atoms with Gasteiger partial charge in [-0.05, 0) is 24.1 Å². The zero-order valence-corrected chi connectivity index (χ0v) is 10.5. The van der Waals surface area contributed by atoms with E-state index in [9.17, 15) is 18.4 Å². The van der Waals surface area contributed by atoms with Crippen LogP contribution in [0, 0.1) is 0 Å². The van der Waals surface area contributed by atoms with Gasteiger partial charge in [-0.1, -0.05) is 12.1 Å². The van der Waals surface area contributed by atoms with E-state index in [-0.39, 0.29) is 24.6 Å². The normalized spacial score (nSPS) is 18.6. The van der Waals surface area contributed by atoms with Gasteiger partial charge in [0.2, 0.25) is 5.91 Å². The second-order valence-electron chi connectivity index (χ2n) is 4.44. The van der Waals surface area contributed by atoms with Gasteiger partial charge in [-0.3, -0.25) is 4.79 Å². The molecule has 0 aromatic heterocycles. The summed E-state index contributed by atoms with van der Waals surface area (Å²) in [5, 5.41) is 9.03. The van der Waals surface area contributed by atoms with E-state index in [4.69, 9.17) is 5.11 Å². The number of aliphatic carboxylic acids is 1. The molecule has 7 heteroatoms. The third-order valence-electron chi connectivity index (χ3n) is 3.11. The fraction of sp³-hybridized carbons (Fsp3) is 0.385. The van der Waals surface area contributed by atoms with Crippen molar-refractivity contribution in [2.45, 2.75) is 32.0 Å². The van der Waals surface area contributed by atoms with Crippen molar-refractivity contribution in [1.82, 2.24) is 4.90 Å². The Hall–Kier alpha value is -2.18. The minimum Gasteiger partial charge on any atom is -0.480 e. The molecule has 1 aliphatic heterocycles. The fourth-order valence-electron chi connectivity index (χ4n) is 2.16. The summed E-state index contributed by atoms with van der Waals surface area (Å²) in [4.78, 5) is 24.0. The van der Waals surface area contributed by atoms with Gasteiger partial charge in [-0.2, -0.15) is 8.78 Å². The number of carbonyl (C=O) groups excluding carboxylic acids is 1. The molecule has 1 atom stereocenters. The molecule has 5 nitrogen and oxygen atoms in total. The van der Waals surface area contributed by atoms with Crippen molar-refractivity contribution in [3.8, 4) is 5.75 Å². The number of likely N-dealkylation sites (tertiary alicyclic amines) is 1. The van der Waals surface area contributed by atoms with E-state index in [2.05, 4.69) is 4.74 Å². The monoisotopic (exact) mass is 285 g/mol. The van der Waals surface area contributed by atoms with Gasteiger partial charge in [-0.15, -0.1) is 0 Å². The van der Waals surface area contributed by atoms with Crippen LogP contribution in [0.5, 0.6) is 5.75 Å². The molecule has 0 spiro atoms. The molecule has 0 aliphatic carbocycles. The molecule has 1 aromatic rings. The largest absolute Gasteiger partial charge is 0.480 e. The van der Waals surface area contributed by atoms with E-state index < -0.39 is 18.6 Å². The molecule has 2 rings (SSSR count). The number of benzene rings is 1. The maximum atomic E-state index is 12.0. The van der Waals surface area contributed by atoms with Crippen LogP contribution in [0.1, 0.15) is 18.4 Å². The van der Waals surface area contributed by atoms with Crippen molar-refractivity contribution >= 4 is 11.9 Å². The highest BCUT2D eigenvalue weighted by Crippen LogP contribution is 2.23. The van der Waals surface area contributed by atoms with Crippen LogP contribution in [0.25, 0.3) is 0 Å². The lowest BCUT2D eigenvalue weighted by atomic mass is 10.2. The quantitative estimate of drug-likeness (QED) is 0.896. The molecule has 1 aliphatic rings. The van der Waals surface area contributed by atoms with Gasteiger partial charge in [-0.25, -0.2) is 4.79 Å². The lowest BCUT2D eigenvalue weighted by Gasteiger charge is -2.21. The summed E-state index contributed by atoms with van der Waals surface area (Å²) in [6.07, 6.45) is 0.504. The van der Waals surface area contributed by atoms with Gasteiger partial charge in [0.15, 0.2) is 0 Å². The summed E-state index contributed by atoms with van der Waals surface area (Å²) in [6.45, 7) is -2.75. The zero-order chi connectivity index (χ0) is 14.7. The van der Waals surface area contributed by atoms with E-state index in [1.807, 2.05) is 0 Å². The molecule has 20 heavy (non-hydrogen) atoms. The maximum absolute atomic E-state index is 12.0. The predicted octanol–water partition coefficient (Wildman–Crippen LogP) is 1.86. The van der Waals surface area contributed by atoms with Crippen molar-refractivity contribution in [3.05, 3.63) is 29.8 Å². The van der Waals surface area contributed by atoms with Crippen LogP contribution in [0.15, 0.2) is 24.3 Å². The molecule has 108 valence electrons. The minimum atomic E-state index is -2.89. The third-order valence-corrected chi connectivity index (χ3v) is 3.11. The van der Waals surface area contributed by atoms with Crippen molar-refractivity contribution in [2.24, 2.45) is 0 Å². The summed E-state index contributed by atoms with van der Waals surface area (Å²) in [5.74, 6) is -1.23. The molecule has 0 saturated carbocycles. The molecule has 1 N–H and O–H groups in total. The number of alkyl halides is 2. The Morgan fingerprint density at radius 3 is 2.60 bits per heavy atom. The number of hydrogen-bond acceptors (Lipinski definition) is 3. The molecular formula is C13H13F2NO4. The highest BCUT2D eigenvalue weighted by atomic mass is 19.3. The van der Waals surface area contributed by atoms with E-state index in [1.54, 1.807) is 0 Å². The molecule has 1 aromatic carbocycles. The zero-order valence-electron chi connectivity index (χ0n) is 10.5. The minimum absolute atomic E-state index is 0.0197. The van der Waals surface area contributed by atoms with E-state index in [0.717, 1.165) is 0 Å². The Balaban J connectivity index is 2.05. The van der Waals surface area contributed by atoms with E-state index >= 15 is 0 Å². The number of nitrogens with zero attached hydrogens (tertiary/aromatic N) is 1. The van der Waals surface area contributed by atoms with Crippen molar-refractivity contribution in [1.29, 1.82) is 0 Å². The number of halogens is 2. The van der Waals surface area contributed by atoms with Crippen LogP contribution in [0.4, 0.5) is 8.78 Å². The lowest BCUT2D eigenvalue weighted by Crippen LogP contribution is -2.37. The molecular weight excluding hydrogens is 272 g/mol. The van der Waals surface area contributed by atoms with Crippen LogP contribution in [0.2, 0.25) is 0 Å². The first kappa shape index (κ1) is 14.2. The summed E-state index contributed by atoms with van der Waals surface area (Å²) < 4.78 is 28.2. The number of rotatable bonds is 5. The molecule has 0 radical (unpaired) electrons. The first-order valence-corrected chi connectivity index (χ1v) is 6.03. The Morgan fingerprint density at radius 2 is 2.05 bits per heavy atom. The summed E-state index contributed by atoms with van der Waals surface area (Å²) in [5.41, 5.74) is 0.660. The number of ether oxygens (including phenoxy) is 1. The summed E-state index contributed by atoms with van der Waals surface area (Å²) in [6, 6.07) is 4.96. The van der Waals surface area contributed by atoms with Gasteiger partial charge in [0.1, 0.15) is 11.8 Å². The van der Waals surface area contributed by atoms with Gasteiger partial charge >= 0.3 is 12.6 Å². The average Bonchev–Trinajstić information content (AvgIpc) is 2.73. The standard InChI is InChI=1S/C13H13F2NO4/c14-13(15)20-9-3-1-8(2-4-9)7-16-10(12(18)19)5-6-11(16)17/h1-4,10,13H,5-7H2,(H,18,19)/t10-/m1/s1. The average molecular weight is 285 g/mol. The third kappa shape index (κ3) is 3.23. The number of carboxylic acids is 1. The van der Waals surface area contributed by atoms with Crippen molar-refractivity contribution in [3.63, 3.8) is 0 Å². The van der Waals surface area contributed by atoms with E-state index in [0.29, 0.717) is 12.0 Å². The highest BCUT2D eigenvalue weighted by Gasteiger charge is 2.35. The van der Waals surface area contributed by atoms with Gasteiger partial charge in [0.25, 0.3) is 0 Å². The molecule has 1 saturated heterocycles. The second-order valence-corrected chi connectivity index (χ2v) is 4.44. The van der Waals surface area contributed by atoms with Gasteiger partial charge < -0.3 is 14.7 Å². The topological polar surface area (TPSA) is 66.8 Å². The second kappa shape index (κ2) is 5.85. The number of amides is 1. The smallest absolute Gasteiger partial charge is 0.387 e. The predicted molar refractivity (Wildman–Crippen MR) is 64.3 cm³/mol. The molecule has 1 heterocycles. The molecule has 1 fully saturated rings. The Bertz CT molecular complexity index is 504. The highest BCUT2D eigenvalue weighted by molar-refractivity contribution is 5.87. The first-order chi connectivity index (χ1) is 9.47. The maximum Gasteiger partial charge on any atom is 0.387 e. The van der Waals surface area contributed by atoms with Crippen LogP contribution >= 0.6 is 0 Å². The SMILES string of the molecule is O=C(O)[C@H]1CCC(=O)N1Cc1ccc(OC(F)F)cc1. The van der Waals surface area contributed by atoms with Gasteiger partial charge in [0, 0.05) is 13.0 Å². The Morgan fingerprint density at radius 1 is 1.40 bits per heavy atom. The van der Waals surface area contributed by atoms with Crippen LogP contribution < -0.4 is 4.74 Å². The summed E-state index contributed by atoms with van der Waals surface area (Å²) >= 11 is 0. The van der Waals surface area contributed by atoms with Crippen molar-refractivity contribution < 1.29 is 28.2 Å². The van der Waals surface area contributed by atoms with Crippen LogP contribution in [-0.2, 0) is 16.1 Å². The fourth-order valence-corrected chi connectivity index (χ4v) is 2.16. The first-order valence-electron chi connectivity index (χ1n) is 6.03. The van der Waals surface area contributed by atoms with Crippen LogP contribution in [-0.4, -0.2) is 34.5 Å². The number of carbonyl (C=O) groups is 2. The lowest BCUT2D eigenvalue weighted by molar-refractivity contribution is -0.146. The van der Waals surface area contributed by atoms with E-state index in [1.165, 1.54) is 29.2 Å². The number of carboxylic acid groups (broad SMARTS) is 1. The molecule has 1 amide bonds. The molecule has 0 bridgehead atoms. The Labute approximate surface area is 113 Å². The van der Waals surface area contributed by atoms with Crippen LogP contribution in [0.3, 0.4) is 0 Å². The summed E-state index contributed by atoms with van der Waals surface area (Å²) in [7, 11) is 0. The Kier molecular flexibility index (Phi) is 4.16. The molecule has 0 unspecified atom stereocenters. The van der Waals surface area contributed by atoms with Gasteiger partial charge in [0.05, 0.1) is 0 Å². The number of hydrogen-bond donors (Lipinski definition) is 1.